The van der Waals surface area contributed by atoms with Gasteiger partial charge in [0, 0.05) is 10.9 Å². The lowest BCUT2D eigenvalue weighted by Gasteiger charge is -2.16. The van der Waals surface area contributed by atoms with Gasteiger partial charge in [-0.3, -0.25) is 9.67 Å². The van der Waals surface area contributed by atoms with Crippen LogP contribution in [0.1, 0.15) is 37.7 Å². The van der Waals surface area contributed by atoms with Crippen molar-refractivity contribution in [3.05, 3.63) is 44.9 Å². The fourth-order valence-corrected chi connectivity index (χ4v) is 2.60. The monoisotopic (exact) mass is 325 g/mol. The van der Waals surface area contributed by atoms with Crippen molar-refractivity contribution in [1.29, 1.82) is 0 Å². The average Bonchev–Trinajstić information content (AvgIpc) is 2.71. The van der Waals surface area contributed by atoms with Crippen LogP contribution in [0.25, 0.3) is 0 Å². The van der Waals surface area contributed by atoms with Crippen LogP contribution in [0, 0.1) is 4.77 Å². The summed E-state index contributed by atoms with van der Waals surface area (Å²) in [6.45, 7) is 4.29. The Morgan fingerprint density at radius 1 is 1.39 bits per heavy atom. The van der Waals surface area contributed by atoms with E-state index in [1.54, 1.807) is 0 Å². The Morgan fingerprint density at radius 2 is 2.06 bits per heavy atom. The Labute approximate surface area is 120 Å². The minimum absolute atomic E-state index is 0.200. The topological polar surface area (TPSA) is 33.6 Å². The number of halogens is 1. The molecule has 1 heterocycles. The molecule has 0 saturated carbocycles. The molecule has 1 aromatic heterocycles. The van der Waals surface area contributed by atoms with Crippen molar-refractivity contribution >= 4 is 28.1 Å². The van der Waals surface area contributed by atoms with E-state index in [1.165, 1.54) is 5.56 Å². The van der Waals surface area contributed by atoms with Crippen molar-refractivity contribution in [2.45, 2.75) is 32.7 Å². The molecule has 1 unspecified atom stereocenters. The smallest absolute Gasteiger partial charge is 0.195 e. The summed E-state index contributed by atoms with van der Waals surface area (Å²) in [6.07, 6.45) is 2.00. The van der Waals surface area contributed by atoms with Gasteiger partial charge < -0.3 is 0 Å². The maximum Gasteiger partial charge on any atom is 0.195 e. The molecule has 1 N–H and O–H groups in total. The summed E-state index contributed by atoms with van der Waals surface area (Å²) in [4.78, 5) is 0. The third kappa shape index (κ3) is 2.72. The summed E-state index contributed by atoms with van der Waals surface area (Å²) in [7, 11) is 0. The fourth-order valence-electron chi connectivity index (χ4n) is 2.03. The summed E-state index contributed by atoms with van der Waals surface area (Å²) >= 11 is 8.78. The molecule has 5 heteroatoms. The van der Waals surface area contributed by atoms with Gasteiger partial charge in [-0.1, -0.05) is 35.0 Å². The second-order valence-corrected chi connectivity index (χ2v) is 5.59. The molecule has 0 amide bonds. The van der Waals surface area contributed by atoms with E-state index in [0.29, 0.717) is 4.77 Å². The van der Waals surface area contributed by atoms with E-state index in [1.807, 2.05) is 0 Å². The highest BCUT2D eigenvalue weighted by Crippen LogP contribution is 2.22. The van der Waals surface area contributed by atoms with Crippen LogP contribution >= 0.6 is 28.1 Å². The Kier molecular flexibility index (Phi) is 4.35. The second-order valence-electron chi connectivity index (χ2n) is 4.29. The summed E-state index contributed by atoms with van der Waals surface area (Å²) in [5, 5.41) is 7.20. The van der Waals surface area contributed by atoms with Gasteiger partial charge in [0.1, 0.15) is 5.82 Å². The molecule has 0 spiro atoms. The van der Waals surface area contributed by atoms with E-state index in [9.17, 15) is 0 Å². The molecule has 18 heavy (non-hydrogen) atoms. The van der Waals surface area contributed by atoms with Crippen molar-refractivity contribution in [3.63, 3.8) is 0 Å². The predicted octanol–water partition coefficient (Wildman–Crippen LogP) is 4.26. The van der Waals surface area contributed by atoms with Crippen molar-refractivity contribution in [3.8, 4) is 0 Å². The molecule has 1 atom stereocenters. The summed E-state index contributed by atoms with van der Waals surface area (Å²) in [5.41, 5.74) is 1.23. The van der Waals surface area contributed by atoms with Gasteiger partial charge in [-0.25, -0.2) is 0 Å². The minimum atomic E-state index is 0.200. The minimum Gasteiger partial charge on any atom is -0.297 e. The highest BCUT2D eigenvalue weighted by Gasteiger charge is 2.13. The van der Waals surface area contributed by atoms with Crippen LogP contribution in [-0.2, 0) is 6.42 Å². The summed E-state index contributed by atoms with van der Waals surface area (Å²) in [6, 6.07) is 8.52. The van der Waals surface area contributed by atoms with Crippen molar-refractivity contribution in [2.24, 2.45) is 0 Å². The number of aromatic nitrogens is 3. The SMILES string of the molecule is CCCc1n[nH]c(=S)n1C(C)c1ccc(Br)cc1. The van der Waals surface area contributed by atoms with Gasteiger partial charge in [0.15, 0.2) is 4.77 Å². The second kappa shape index (κ2) is 5.80. The number of hydrogen-bond acceptors (Lipinski definition) is 2. The lowest BCUT2D eigenvalue weighted by Crippen LogP contribution is -2.11. The van der Waals surface area contributed by atoms with Gasteiger partial charge in [0.25, 0.3) is 0 Å². The number of rotatable bonds is 4. The van der Waals surface area contributed by atoms with Crippen LogP contribution in [0.2, 0.25) is 0 Å². The highest BCUT2D eigenvalue weighted by atomic mass is 79.9. The van der Waals surface area contributed by atoms with E-state index in [2.05, 4.69) is 68.8 Å². The zero-order chi connectivity index (χ0) is 13.1. The van der Waals surface area contributed by atoms with E-state index in [4.69, 9.17) is 12.2 Å². The molecule has 2 aromatic rings. The van der Waals surface area contributed by atoms with Gasteiger partial charge >= 0.3 is 0 Å². The van der Waals surface area contributed by atoms with E-state index < -0.39 is 0 Å². The van der Waals surface area contributed by atoms with Crippen LogP contribution in [0.5, 0.6) is 0 Å². The van der Waals surface area contributed by atoms with Gasteiger partial charge in [-0.15, -0.1) is 0 Å². The number of nitrogens with zero attached hydrogens (tertiary/aromatic N) is 2. The summed E-state index contributed by atoms with van der Waals surface area (Å²) in [5.74, 6) is 1.03. The lowest BCUT2D eigenvalue weighted by molar-refractivity contribution is 0.589. The van der Waals surface area contributed by atoms with Crippen LogP contribution in [0.3, 0.4) is 0 Å². The number of nitrogens with one attached hydrogen (secondary N) is 1. The number of aromatic amines is 1. The third-order valence-corrected chi connectivity index (χ3v) is 3.81. The normalized spacial score (nSPS) is 12.6. The molecule has 0 saturated heterocycles. The van der Waals surface area contributed by atoms with Crippen molar-refractivity contribution < 1.29 is 0 Å². The molecule has 2 rings (SSSR count). The van der Waals surface area contributed by atoms with Crippen molar-refractivity contribution in [1.82, 2.24) is 14.8 Å². The molecule has 0 fully saturated rings. The molecule has 96 valence electrons. The van der Waals surface area contributed by atoms with Crippen LogP contribution < -0.4 is 0 Å². The molecular formula is C13H16BrN3S. The highest BCUT2D eigenvalue weighted by molar-refractivity contribution is 9.10. The standard InChI is InChI=1S/C13H16BrN3S/c1-3-4-12-15-16-13(18)17(12)9(2)10-5-7-11(14)8-6-10/h5-9H,3-4H2,1-2H3,(H,16,18). The Balaban J connectivity index is 2.38. The van der Waals surface area contributed by atoms with Gasteiger partial charge in [-0.2, -0.15) is 5.10 Å². The van der Waals surface area contributed by atoms with Gasteiger partial charge in [0.05, 0.1) is 6.04 Å². The molecular weight excluding hydrogens is 310 g/mol. The largest absolute Gasteiger partial charge is 0.297 e. The zero-order valence-corrected chi connectivity index (χ0v) is 12.9. The van der Waals surface area contributed by atoms with Crippen LogP contribution in [-0.4, -0.2) is 14.8 Å². The van der Waals surface area contributed by atoms with E-state index >= 15 is 0 Å². The summed E-state index contributed by atoms with van der Waals surface area (Å²) < 4.78 is 3.87. The van der Waals surface area contributed by atoms with E-state index in [-0.39, 0.29) is 6.04 Å². The number of aryl methyl sites for hydroxylation is 1. The molecule has 0 aliphatic carbocycles. The van der Waals surface area contributed by atoms with Gasteiger partial charge in [0.2, 0.25) is 0 Å². The number of benzene rings is 1. The maximum atomic E-state index is 5.32. The molecule has 3 nitrogen and oxygen atoms in total. The Morgan fingerprint density at radius 3 is 2.67 bits per heavy atom. The molecule has 0 aliphatic rings. The quantitative estimate of drug-likeness (QED) is 0.852. The first-order valence-electron chi connectivity index (χ1n) is 6.04. The third-order valence-electron chi connectivity index (χ3n) is 2.99. The Bertz CT molecular complexity index is 571. The maximum absolute atomic E-state index is 5.32. The zero-order valence-electron chi connectivity index (χ0n) is 10.5. The lowest BCUT2D eigenvalue weighted by atomic mass is 10.1. The number of hydrogen-bond donors (Lipinski definition) is 1. The predicted molar refractivity (Wildman–Crippen MR) is 79.4 cm³/mol. The molecule has 0 radical (unpaired) electrons. The first-order valence-corrected chi connectivity index (χ1v) is 7.25. The number of H-pyrrole nitrogens is 1. The average molecular weight is 326 g/mol. The van der Waals surface area contributed by atoms with E-state index in [0.717, 1.165) is 23.1 Å². The first-order chi connectivity index (χ1) is 8.63. The van der Waals surface area contributed by atoms with Gasteiger partial charge in [-0.05, 0) is 43.3 Å². The van der Waals surface area contributed by atoms with Crippen molar-refractivity contribution in [2.75, 3.05) is 0 Å². The van der Waals surface area contributed by atoms with Crippen LogP contribution in [0.15, 0.2) is 28.7 Å². The van der Waals surface area contributed by atoms with Crippen LogP contribution in [0.4, 0.5) is 0 Å². The first kappa shape index (κ1) is 13.5. The molecule has 0 bridgehead atoms. The molecule has 1 aromatic carbocycles. The molecule has 0 aliphatic heterocycles. The Hall–Kier alpha value is -0.940. The fraction of sp³-hybridized carbons (Fsp3) is 0.385.